The molecule has 2 aliphatic heterocycles. The number of esters is 1. The first kappa shape index (κ1) is 30.7. The second-order valence-electron chi connectivity index (χ2n) is 13.2. The van der Waals surface area contributed by atoms with Gasteiger partial charge >= 0.3 is 5.97 Å². The SMILES string of the molecule is CCCC1=CC1(C)C(=O)OCN1C(=O)CC(C)(C)c2ccc(OCCCCN3CCN(c4cccc5sccc45)CC3)cc21. The number of rotatable bonds is 12. The maximum Gasteiger partial charge on any atom is 0.321 e. The van der Waals surface area contributed by atoms with Crippen molar-refractivity contribution >= 4 is 44.7 Å². The molecular weight excluding hydrogens is 570 g/mol. The number of ether oxygens (including phenoxy) is 2. The van der Waals surface area contributed by atoms with Crippen molar-refractivity contribution in [2.24, 2.45) is 5.41 Å². The smallest absolute Gasteiger partial charge is 0.321 e. The Bertz CT molecular complexity index is 1550. The van der Waals surface area contributed by atoms with E-state index in [1.165, 1.54) is 15.8 Å². The molecule has 2 aromatic carbocycles. The number of carbonyl (C=O) groups is 2. The van der Waals surface area contributed by atoms with E-state index < -0.39 is 5.41 Å². The van der Waals surface area contributed by atoms with E-state index in [0.29, 0.717) is 13.0 Å². The molecule has 8 heteroatoms. The summed E-state index contributed by atoms with van der Waals surface area (Å²) in [5.41, 5.74) is 3.41. The van der Waals surface area contributed by atoms with Crippen LogP contribution in [0.25, 0.3) is 10.1 Å². The molecule has 1 aromatic heterocycles. The Hall–Kier alpha value is -3.36. The van der Waals surface area contributed by atoms with Crippen molar-refractivity contribution in [3.05, 3.63) is 65.1 Å². The van der Waals surface area contributed by atoms with Crippen molar-refractivity contribution in [3.63, 3.8) is 0 Å². The van der Waals surface area contributed by atoms with E-state index in [-0.39, 0.29) is 24.0 Å². The quantitative estimate of drug-likeness (QED) is 0.123. The summed E-state index contributed by atoms with van der Waals surface area (Å²) in [6, 6.07) is 14.9. The van der Waals surface area contributed by atoms with E-state index in [2.05, 4.69) is 66.3 Å². The van der Waals surface area contributed by atoms with Crippen LogP contribution in [0.5, 0.6) is 5.75 Å². The molecular formula is C36H45N3O4S. The van der Waals surface area contributed by atoms with Crippen LogP contribution in [0.3, 0.4) is 0 Å². The highest BCUT2D eigenvalue weighted by atomic mass is 32.1. The van der Waals surface area contributed by atoms with Crippen LogP contribution < -0.4 is 14.5 Å². The first-order valence-corrected chi connectivity index (χ1v) is 17.0. The minimum atomic E-state index is -0.617. The maximum absolute atomic E-state index is 13.2. The zero-order valence-electron chi connectivity index (χ0n) is 26.6. The lowest BCUT2D eigenvalue weighted by atomic mass is 9.77. The van der Waals surface area contributed by atoms with Crippen molar-refractivity contribution in [1.82, 2.24) is 4.90 Å². The monoisotopic (exact) mass is 615 g/mol. The van der Waals surface area contributed by atoms with E-state index in [1.54, 1.807) is 4.90 Å². The van der Waals surface area contributed by atoms with Crippen molar-refractivity contribution in [1.29, 1.82) is 0 Å². The van der Waals surface area contributed by atoms with Gasteiger partial charge < -0.3 is 14.4 Å². The predicted octanol–water partition coefficient (Wildman–Crippen LogP) is 7.14. The standard InChI is InChI=1S/C36H45N3O4S/c1-5-9-26-23-36(26,4)34(41)43-25-39-31-22-27(12-13-29(31)35(2,3)24-33(39)40)42-20-7-6-15-37-16-18-38(19-17-37)30-10-8-11-32-28(30)14-21-44-32/h8,10-14,21-23H,5-7,9,15-20,24-25H2,1-4H3. The fourth-order valence-corrected chi connectivity index (χ4v) is 7.52. The molecule has 1 atom stereocenters. The summed E-state index contributed by atoms with van der Waals surface area (Å²) in [4.78, 5) is 32.7. The zero-order chi connectivity index (χ0) is 30.9. The van der Waals surface area contributed by atoms with Gasteiger partial charge in [-0.15, -0.1) is 11.3 Å². The van der Waals surface area contributed by atoms with E-state index in [1.807, 2.05) is 36.5 Å². The van der Waals surface area contributed by atoms with Crippen molar-refractivity contribution in [2.45, 2.75) is 65.2 Å². The van der Waals surface area contributed by atoms with Gasteiger partial charge in [-0.2, -0.15) is 0 Å². The van der Waals surface area contributed by atoms with Gasteiger partial charge in [0, 0.05) is 59.9 Å². The molecule has 0 spiro atoms. The third-order valence-electron chi connectivity index (χ3n) is 9.52. The minimum absolute atomic E-state index is 0.0396. The Morgan fingerprint density at radius 1 is 1.00 bits per heavy atom. The van der Waals surface area contributed by atoms with E-state index in [4.69, 9.17) is 9.47 Å². The first-order chi connectivity index (χ1) is 21.2. The molecule has 0 saturated carbocycles. The fourth-order valence-electron chi connectivity index (χ4n) is 6.71. The number of nitrogens with zero attached hydrogens (tertiary/aromatic N) is 3. The van der Waals surface area contributed by atoms with E-state index in [0.717, 1.165) is 81.0 Å². The number of amides is 1. The summed E-state index contributed by atoms with van der Waals surface area (Å²) in [6.45, 7) is 14.0. The van der Waals surface area contributed by atoms with Crippen molar-refractivity contribution in [2.75, 3.05) is 55.9 Å². The third-order valence-corrected chi connectivity index (χ3v) is 10.4. The van der Waals surface area contributed by atoms with E-state index >= 15 is 0 Å². The van der Waals surface area contributed by atoms with Gasteiger partial charge in [0.2, 0.25) is 5.91 Å². The number of hydrogen-bond donors (Lipinski definition) is 0. The van der Waals surface area contributed by atoms with Crippen LogP contribution in [0.15, 0.2) is 59.5 Å². The molecule has 1 unspecified atom stereocenters. The minimum Gasteiger partial charge on any atom is -0.494 e. The van der Waals surface area contributed by atoms with Gasteiger partial charge in [-0.25, -0.2) is 0 Å². The number of unbranched alkanes of at least 4 members (excludes halogenated alkanes) is 1. The summed E-state index contributed by atoms with van der Waals surface area (Å²) in [5.74, 6) is 0.416. The number of hydrogen-bond acceptors (Lipinski definition) is 7. The highest BCUT2D eigenvalue weighted by Crippen LogP contribution is 2.48. The molecule has 3 aromatic rings. The van der Waals surface area contributed by atoms with Gasteiger partial charge in [0.15, 0.2) is 6.73 Å². The average Bonchev–Trinajstić information content (AvgIpc) is 3.42. The second kappa shape index (κ2) is 12.6. The fraction of sp³-hybridized carbons (Fsp3) is 0.500. The molecule has 44 heavy (non-hydrogen) atoms. The Morgan fingerprint density at radius 2 is 1.82 bits per heavy atom. The molecule has 0 N–H and O–H groups in total. The molecule has 3 aliphatic rings. The lowest BCUT2D eigenvalue weighted by molar-refractivity contribution is -0.149. The predicted molar refractivity (Wildman–Crippen MR) is 179 cm³/mol. The van der Waals surface area contributed by atoms with Crippen LogP contribution in [0.4, 0.5) is 11.4 Å². The number of carbonyl (C=O) groups excluding carboxylic acids is 2. The topological polar surface area (TPSA) is 62.3 Å². The molecule has 1 saturated heterocycles. The number of thiophene rings is 1. The molecule has 3 heterocycles. The number of piperazine rings is 1. The van der Waals surface area contributed by atoms with Crippen LogP contribution in [-0.2, 0) is 19.7 Å². The van der Waals surface area contributed by atoms with Gasteiger partial charge in [0.05, 0.1) is 12.3 Å². The summed E-state index contributed by atoms with van der Waals surface area (Å²) in [7, 11) is 0. The molecule has 1 aliphatic carbocycles. The Balaban J connectivity index is 0.984. The van der Waals surface area contributed by atoms with Crippen molar-refractivity contribution < 1.29 is 19.1 Å². The lowest BCUT2D eigenvalue weighted by Gasteiger charge is -2.38. The zero-order valence-corrected chi connectivity index (χ0v) is 27.4. The lowest BCUT2D eigenvalue weighted by Crippen LogP contribution is -2.46. The molecule has 0 bridgehead atoms. The molecule has 0 radical (unpaired) electrons. The second-order valence-corrected chi connectivity index (χ2v) is 14.2. The largest absolute Gasteiger partial charge is 0.494 e. The van der Waals surface area contributed by atoms with Crippen LogP contribution >= 0.6 is 11.3 Å². The van der Waals surface area contributed by atoms with Gasteiger partial charge in [0.1, 0.15) is 11.2 Å². The Morgan fingerprint density at radius 3 is 2.61 bits per heavy atom. The van der Waals surface area contributed by atoms with Crippen LogP contribution in [-0.4, -0.2) is 62.8 Å². The molecule has 1 amide bonds. The van der Waals surface area contributed by atoms with Gasteiger partial charge in [-0.1, -0.05) is 51.0 Å². The van der Waals surface area contributed by atoms with Crippen LogP contribution in [0, 0.1) is 5.41 Å². The van der Waals surface area contributed by atoms with Crippen molar-refractivity contribution in [3.8, 4) is 5.75 Å². The van der Waals surface area contributed by atoms with Crippen LogP contribution in [0.2, 0.25) is 0 Å². The van der Waals surface area contributed by atoms with E-state index in [9.17, 15) is 9.59 Å². The molecule has 234 valence electrons. The normalized spacial score (nSPS) is 21.3. The molecule has 6 rings (SSSR count). The number of fused-ring (bicyclic) bond motifs is 2. The molecule has 1 fully saturated rings. The first-order valence-electron chi connectivity index (χ1n) is 16.1. The highest BCUT2D eigenvalue weighted by molar-refractivity contribution is 7.17. The average molecular weight is 616 g/mol. The Kier molecular flexibility index (Phi) is 8.75. The van der Waals surface area contributed by atoms with Gasteiger partial charge in [-0.05, 0) is 67.9 Å². The van der Waals surface area contributed by atoms with Gasteiger partial charge in [-0.3, -0.25) is 19.4 Å². The maximum atomic E-state index is 13.2. The summed E-state index contributed by atoms with van der Waals surface area (Å²) < 4.78 is 13.2. The number of anilines is 2. The highest BCUT2D eigenvalue weighted by Gasteiger charge is 2.47. The third kappa shape index (κ3) is 6.24. The van der Waals surface area contributed by atoms with Crippen LogP contribution in [0.1, 0.15) is 65.4 Å². The summed E-state index contributed by atoms with van der Waals surface area (Å²) >= 11 is 1.81. The summed E-state index contributed by atoms with van der Waals surface area (Å²) in [6.07, 6.45) is 6.28. The molecule has 7 nitrogen and oxygen atoms in total. The van der Waals surface area contributed by atoms with Gasteiger partial charge in [0.25, 0.3) is 0 Å². The number of benzene rings is 2. The Labute approximate surface area is 265 Å². The summed E-state index contributed by atoms with van der Waals surface area (Å²) in [5, 5.41) is 3.55.